The van der Waals surface area contributed by atoms with Crippen LogP contribution in [0.15, 0.2) is 29.1 Å². The van der Waals surface area contributed by atoms with E-state index in [4.69, 9.17) is 4.74 Å². The maximum Gasteiger partial charge on any atom is 0.251 e. The van der Waals surface area contributed by atoms with Gasteiger partial charge in [0.25, 0.3) is 5.56 Å². The van der Waals surface area contributed by atoms with Crippen LogP contribution in [0.25, 0.3) is 10.9 Å². The van der Waals surface area contributed by atoms with Crippen molar-refractivity contribution in [1.82, 2.24) is 14.8 Å². The van der Waals surface area contributed by atoms with Crippen LogP contribution >= 0.6 is 0 Å². The number of benzene rings is 1. The lowest BCUT2D eigenvalue weighted by molar-refractivity contribution is -0.132. The van der Waals surface area contributed by atoms with Gasteiger partial charge in [0.05, 0.1) is 7.11 Å². The van der Waals surface area contributed by atoms with Crippen LogP contribution < -0.4 is 10.3 Å². The standard InChI is InChI=1S/C21H29N3O3/c1-15(2)14-23-8-10-24(11-9-23)20(25)7-4-16-12-17-13-18(27-3)5-6-19(17)22-21(16)26/h5-6,12-13,15H,4,7-11,14H2,1-3H3,(H,22,26). The maximum absolute atomic E-state index is 12.6. The zero-order valence-corrected chi connectivity index (χ0v) is 16.5. The van der Waals surface area contributed by atoms with Crippen LogP contribution in [-0.4, -0.2) is 60.5 Å². The second-order valence-corrected chi connectivity index (χ2v) is 7.65. The summed E-state index contributed by atoms with van der Waals surface area (Å²) in [6, 6.07) is 7.41. The summed E-state index contributed by atoms with van der Waals surface area (Å²) >= 11 is 0. The summed E-state index contributed by atoms with van der Waals surface area (Å²) in [7, 11) is 1.62. The molecule has 1 aliphatic rings. The third-order valence-corrected chi connectivity index (χ3v) is 5.08. The Labute approximate surface area is 160 Å². The Morgan fingerprint density at radius 2 is 1.93 bits per heavy atom. The molecule has 1 amide bonds. The number of ether oxygens (including phenoxy) is 1. The van der Waals surface area contributed by atoms with Crippen molar-refractivity contribution in [2.45, 2.75) is 26.7 Å². The molecule has 0 saturated carbocycles. The average Bonchev–Trinajstić information content (AvgIpc) is 2.65. The van der Waals surface area contributed by atoms with Crippen molar-refractivity contribution in [1.29, 1.82) is 0 Å². The molecule has 1 N–H and O–H groups in total. The fourth-order valence-electron chi connectivity index (χ4n) is 3.64. The maximum atomic E-state index is 12.6. The number of hydrogen-bond donors (Lipinski definition) is 1. The zero-order valence-electron chi connectivity index (χ0n) is 16.5. The van der Waals surface area contributed by atoms with Crippen molar-refractivity contribution in [3.63, 3.8) is 0 Å². The molecule has 1 aromatic carbocycles. The van der Waals surface area contributed by atoms with Gasteiger partial charge < -0.3 is 14.6 Å². The lowest BCUT2D eigenvalue weighted by atomic mass is 10.1. The largest absolute Gasteiger partial charge is 0.497 e. The van der Waals surface area contributed by atoms with Gasteiger partial charge in [0, 0.05) is 55.6 Å². The van der Waals surface area contributed by atoms with Gasteiger partial charge in [-0.1, -0.05) is 13.8 Å². The molecule has 6 nitrogen and oxygen atoms in total. The number of aromatic amines is 1. The van der Waals surface area contributed by atoms with Crippen molar-refractivity contribution in [3.05, 3.63) is 40.2 Å². The summed E-state index contributed by atoms with van der Waals surface area (Å²) in [5.74, 6) is 1.52. The first kappa shape index (κ1) is 19.4. The van der Waals surface area contributed by atoms with Gasteiger partial charge in [-0.25, -0.2) is 0 Å². The molecule has 0 unspecified atom stereocenters. The first-order valence-electron chi connectivity index (χ1n) is 9.66. The summed E-state index contributed by atoms with van der Waals surface area (Å²) in [5.41, 5.74) is 1.29. The Kier molecular flexibility index (Phi) is 6.16. The number of carbonyl (C=O) groups excluding carboxylic acids is 1. The van der Waals surface area contributed by atoms with Crippen LogP contribution in [0.1, 0.15) is 25.8 Å². The molecular weight excluding hydrogens is 342 g/mol. The monoisotopic (exact) mass is 371 g/mol. The number of methoxy groups -OCH3 is 1. The fraction of sp³-hybridized carbons (Fsp3) is 0.524. The molecule has 0 spiro atoms. The smallest absolute Gasteiger partial charge is 0.251 e. The van der Waals surface area contributed by atoms with E-state index in [-0.39, 0.29) is 11.5 Å². The van der Waals surface area contributed by atoms with E-state index < -0.39 is 0 Å². The van der Waals surface area contributed by atoms with Crippen LogP contribution in [-0.2, 0) is 11.2 Å². The molecule has 0 aliphatic carbocycles. The van der Waals surface area contributed by atoms with E-state index in [1.54, 1.807) is 7.11 Å². The minimum absolute atomic E-state index is 0.123. The molecule has 0 atom stereocenters. The minimum Gasteiger partial charge on any atom is -0.497 e. The van der Waals surface area contributed by atoms with E-state index in [9.17, 15) is 9.59 Å². The van der Waals surface area contributed by atoms with Gasteiger partial charge in [0.2, 0.25) is 5.91 Å². The number of pyridine rings is 1. The Morgan fingerprint density at radius 3 is 2.59 bits per heavy atom. The first-order chi connectivity index (χ1) is 13.0. The van der Waals surface area contributed by atoms with Crippen molar-refractivity contribution in [2.24, 2.45) is 5.92 Å². The Balaban J connectivity index is 1.60. The van der Waals surface area contributed by atoms with Crippen LogP contribution in [0.4, 0.5) is 0 Å². The molecule has 1 saturated heterocycles. The number of H-pyrrole nitrogens is 1. The molecule has 146 valence electrons. The molecule has 0 bridgehead atoms. The molecule has 6 heteroatoms. The summed E-state index contributed by atoms with van der Waals surface area (Å²) in [6.45, 7) is 8.93. The van der Waals surface area contributed by atoms with Crippen LogP contribution in [0.2, 0.25) is 0 Å². The number of amides is 1. The minimum atomic E-state index is -0.123. The number of hydrogen-bond acceptors (Lipinski definition) is 4. The Bertz CT molecular complexity index is 851. The highest BCUT2D eigenvalue weighted by molar-refractivity contribution is 5.81. The van der Waals surface area contributed by atoms with Gasteiger partial charge in [-0.3, -0.25) is 14.5 Å². The summed E-state index contributed by atoms with van der Waals surface area (Å²) < 4.78 is 5.25. The highest BCUT2D eigenvalue weighted by Crippen LogP contribution is 2.19. The zero-order chi connectivity index (χ0) is 19.4. The molecule has 3 rings (SSSR count). The number of nitrogens with one attached hydrogen (secondary N) is 1. The molecule has 2 heterocycles. The Morgan fingerprint density at radius 1 is 1.19 bits per heavy atom. The molecule has 1 aliphatic heterocycles. The summed E-state index contributed by atoms with van der Waals surface area (Å²) in [4.78, 5) is 32.1. The predicted octanol–water partition coefficient (Wildman–Crippen LogP) is 2.27. The summed E-state index contributed by atoms with van der Waals surface area (Å²) in [5, 5.41) is 0.915. The van der Waals surface area contributed by atoms with Crippen molar-refractivity contribution in [3.8, 4) is 5.75 Å². The van der Waals surface area contributed by atoms with E-state index in [1.807, 2.05) is 29.2 Å². The van der Waals surface area contributed by atoms with E-state index in [1.165, 1.54) is 0 Å². The number of piperazine rings is 1. The Hall–Kier alpha value is -2.34. The number of nitrogens with zero attached hydrogens (tertiary/aromatic N) is 2. The van der Waals surface area contributed by atoms with Crippen molar-refractivity contribution < 1.29 is 9.53 Å². The summed E-state index contributed by atoms with van der Waals surface area (Å²) in [6.07, 6.45) is 0.816. The van der Waals surface area contributed by atoms with Crippen molar-refractivity contribution in [2.75, 3.05) is 39.8 Å². The lowest BCUT2D eigenvalue weighted by Crippen LogP contribution is -2.49. The van der Waals surface area contributed by atoms with E-state index in [0.29, 0.717) is 24.3 Å². The number of carbonyl (C=O) groups is 1. The van der Waals surface area contributed by atoms with Crippen LogP contribution in [0.3, 0.4) is 0 Å². The van der Waals surface area contributed by atoms with E-state index >= 15 is 0 Å². The molecule has 2 aromatic rings. The third kappa shape index (κ3) is 4.89. The highest BCUT2D eigenvalue weighted by Gasteiger charge is 2.21. The number of aryl methyl sites for hydroxylation is 1. The second-order valence-electron chi connectivity index (χ2n) is 7.65. The average molecular weight is 371 g/mol. The molecule has 0 radical (unpaired) electrons. The normalized spacial score (nSPS) is 15.5. The third-order valence-electron chi connectivity index (χ3n) is 5.08. The topological polar surface area (TPSA) is 65.6 Å². The quantitative estimate of drug-likeness (QED) is 0.846. The van der Waals surface area contributed by atoms with Crippen LogP contribution in [0, 0.1) is 5.92 Å². The van der Waals surface area contributed by atoms with Crippen LogP contribution in [0.5, 0.6) is 5.75 Å². The first-order valence-corrected chi connectivity index (χ1v) is 9.66. The molecule has 1 aromatic heterocycles. The number of fused-ring (bicyclic) bond motifs is 1. The van der Waals surface area contributed by atoms with Gasteiger partial charge in [-0.05, 0) is 36.6 Å². The lowest BCUT2D eigenvalue weighted by Gasteiger charge is -2.35. The van der Waals surface area contributed by atoms with E-state index in [2.05, 4.69) is 23.7 Å². The van der Waals surface area contributed by atoms with Gasteiger partial charge in [0.15, 0.2) is 0 Å². The molecular formula is C21H29N3O3. The highest BCUT2D eigenvalue weighted by atomic mass is 16.5. The van der Waals surface area contributed by atoms with Gasteiger partial charge in [-0.2, -0.15) is 0 Å². The van der Waals surface area contributed by atoms with Gasteiger partial charge in [-0.15, -0.1) is 0 Å². The predicted molar refractivity (Wildman–Crippen MR) is 107 cm³/mol. The molecule has 1 fully saturated rings. The SMILES string of the molecule is COc1ccc2[nH]c(=O)c(CCC(=O)N3CCN(CC(C)C)CC3)cc2c1. The fourth-order valence-corrected chi connectivity index (χ4v) is 3.64. The second kappa shape index (κ2) is 8.57. The number of aromatic nitrogens is 1. The van der Waals surface area contributed by atoms with Gasteiger partial charge >= 0.3 is 0 Å². The van der Waals surface area contributed by atoms with E-state index in [0.717, 1.165) is 49.4 Å². The van der Waals surface area contributed by atoms with Gasteiger partial charge in [0.1, 0.15) is 5.75 Å². The molecule has 27 heavy (non-hydrogen) atoms. The number of rotatable bonds is 6. The van der Waals surface area contributed by atoms with Crippen molar-refractivity contribution >= 4 is 16.8 Å².